The number of rotatable bonds is 2. The van der Waals surface area contributed by atoms with Crippen molar-refractivity contribution >= 4 is 0 Å². The van der Waals surface area contributed by atoms with E-state index in [2.05, 4.69) is 23.7 Å². The van der Waals surface area contributed by atoms with E-state index >= 15 is 0 Å². The zero-order valence-electron chi connectivity index (χ0n) is 14.1. The van der Waals surface area contributed by atoms with Gasteiger partial charge < -0.3 is 10.2 Å². The summed E-state index contributed by atoms with van der Waals surface area (Å²) in [6, 6.07) is 26.1. The SMILES string of the molecule is OC(C#Cc1ccccc1)c1ccc(C(O)C#Cc2ccccc2)cc1. The molecule has 0 saturated carbocycles. The molecular weight excluding hydrogens is 320 g/mol. The molecular formula is C24H18O2. The Morgan fingerprint density at radius 1 is 0.500 bits per heavy atom. The second-order valence-electron chi connectivity index (χ2n) is 5.74. The average Bonchev–Trinajstić information content (AvgIpc) is 2.72. The zero-order chi connectivity index (χ0) is 18.2. The first kappa shape index (κ1) is 17.5. The minimum atomic E-state index is -0.878. The summed E-state index contributed by atoms with van der Waals surface area (Å²) < 4.78 is 0. The van der Waals surface area contributed by atoms with Crippen molar-refractivity contribution in [2.75, 3.05) is 0 Å². The zero-order valence-corrected chi connectivity index (χ0v) is 14.1. The van der Waals surface area contributed by atoms with Crippen molar-refractivity contribution < 1.29 is 10.2 Å². The summed E-state index contributed by atoms with van der Waals surface area (Å²) in [5, 5.41) is 20.4. The van der Waals surface area contributed by atoms with E-state index in [1.807, 2.05) is 60.7 Å². The Morgan fingerprint density at radius 2 is 0.846 bits per heavy atom. The Bertz CT molecular complexity index is 871. The van der Waals surface area contributed by atoms with E-state index in [4.69, 9.17) is 0 Å². The van der Waals surface area contributed by atoms with Crippen LogP contribution in [0.2, 0.25) is 0 Å². The minimum absolute atomic E-state index is 0.681. The monoisotopic (exact) mass is 338 g/mol. The first-order valence-electron chi connectivity index (χ1n) is 8.31. The Balaban J connectivity index is 1.68. The highest BCUT2D eigenvalue weighted by Crippen LogP contribution is 2.17. The van der Waals surface area contributed by atoms with Crippen LogP contribution in [0.15, 0.2) is 84.9 Å². The largest absolute Gasteiger partial charge is 0.376 e. The summed E-state index contributed by atoms with van der Waals surface area (Å²) in [6.07, 6.45) is -1.76. The molecule has 0 bridgehead atoms. The van der Waals surface area contributed by atoms with Crippen molar-refractivity contribution in [2.45, 2.75) is 12.2 Å². The van der Waals surface area contributed by atoms with E-state index in [0.717, 1.165) is 11.1 Å². The fourth-order valence-electron chi connectivity index (χ4n) is 2.37. The number of aliphatic hydroxyl groups excluding tert-OH is 2. The fraction of sp³-hybridized carbons (Fsp3) is 0.0833. The van der Waals surface area contributed by atoms with Crippen LogP contribution in [-0.2, 0) is 0 Å². The highest BCUT2D eigenvalue weighted by Gasteiger charge is 2.07. The van der Waals surface area contributed by atoms with Gasteiger partial charge in [0.05, 0.1) is 0 Å². The van der Waals surface area contributed by atoms with Gasteiger partial charge in [0.2, 0.25) is 0 Å². The third kappa shape index (κ3) is 4.85. The molecule has 0 aliphatic carbocycles. The van der Waals surface area contributed by atoms with Gasteiger partial charge in [-0.15, -0.1) is 0 Å². The lowest BCUT2D eigenvalue weighted by atomic mass is 10.0. The molecule has 0 spiro atoms. The minimum Gasteiger partial charge on any atom is -0.376 e. The van der Waals surface area contributed by atoms with Crippen molar-refractivity contribution in [1.82, 2.24) is 0 Å². The van der Waals surface area contributed by atoms with Crippen LogP contribution in [0.5, 0.6) is 0 Å². The van der Waals surface area contributed by atoms with E-state index < -0.39 is 12.2 Å². The maximum Gasteiger partial charge on any atom is 0.140 e. The lowest BCUT2D eigenvalue weighted by Crippen LogP contribution is -1.97. The first-order valence-corrected chi connectivity index (χ1v) is 8.31. The summed E-state index contributed by atoms with van der Waals surface area (Å²) in [5.41, 5.74) is 3.07. The number of benzene rings is 3. The van der Waals surface area contributed by atoms with Gasteiger partial charge in [-0.25, -0.2) is 0 Å². The van der Waals surface area contributed by atoms with Crippen LogP contribution >= 0.6 is 0 Å². The van der Waals surface area contributed by atoms with E-state index in [0.29, 0.717) is 11.1 Å². The topological polar surface area (TPSA) is 40.5 Å². The normalized spacial score (nSPS) is 12.1. The molecule has 0 amide bonds. The maximum atomic E-state index is 10.2. The van der Waals surface area contributed by atoms with Crippen molar-refractivity contribution in [2.24, 2.45) is 0 Å². The van der Waals surface area contributed by atoms with Crippen LogP contribution in [0, 0.1) is 23.7 Å². The molecule has 0 saturated heterocycles. The van der Waals surface area contributed by atoms with Crippen molar-refractivity contribution in [3.05, 3.63) is 107 Å². The summed E-state index contributed by atoms with van der Waals surface area (Å²) in [5.74, 6) is 11.5. The number of hydrogen-bond acceptors (Lipinski definition) is 2. The van der Waals surface area contributed by atoms with Gasteiger partial charge in [-0.1, -0.05) is 84.3 Å². The molecule has 2 atom stereocenters. The van der Waals surface area contributed by atoms with Gasteiger partial charge in [0.25, 0.3) is 0 Å². The molecule has 0 fully saturated rings. The molecule has 126 valence electrons. The smallest absolute Gasteiger partial charge is 0.140 e. The van der Waals surface area contributed by atoms with Crippen LogP contribution in [-0.4, -0.2) is 10.2 Å². The lowest BCUT2D eigenvalue weighted by Gasteiger charge is -2.07. The molecule has 2 nitrogen and oxygen atoms in total. The van der Waals surface area contributed by atoms with Gasteiger partial charge in [0, 0.05) is 11.1 Å². The molecule has 0 aromatic heterocycles. The van der Waals surface area contributed by atoms with Gasteiger partial charge in [-0.3, -0.25) is 0 Å². The summed E-state index contributed by atoms with van der Waals surface area (Å²) in [7, 11) is 0. The summed E-state index contributed by atoms with van der Waals surface area (Å²) in [4.78, 5) is 0. The summed E-state index contributed by atoms with van der Waals surface area (Å²) in [6.45, 7) is 0. The standard InChI is InChI=1S/C24H18O2/c25-23(17-11-19-7-3-1-4-8-19)21-13-15-22(16-14-21)24(26)18-12-20-9-5-2-6-10-20/h1-10,13-16,23-26H. The molecule has 3 rings (SSSR count). The van der Waals surface area contributed by atoms with E-state index in [9.17, 15) is 10.2 Å². The Morgan fingerprint density at radius 3 is 1.19 bits per heavy atom. The third-order valence-electron chi connectivity index (χ3n) is 3.82. The number of aliphatic hydroxyl groups is 2. The van der Waals surface area contributed by atoms with Gasteiger partial charge in [-0.05, 0) is 35.4 Å². The first-order chi connectivity index (χ1) is 12.7. The van der Waals surface area contributed by atoms with Crippen LogP contribution in [0.25, 0.3) is 0 Å². The molecule has 2 unspecified atom stereocenters. The van der Waals surface area contributed by atoms with Crippen LogP contribution in [0.1, 0.15) is 34.5 Å². The van der Waals surface area contributed by atoms with E-state index in [-0.39, 0.29) is 0 Å². The molecule has 2 heteroatoms. The van der Waals surface area contributed by atoms with Crippen LogP contribution in [0.4, 0.5) is 0 Å². The highest BCUT2D eigenvalue weighted by molar-refractivity contribution is 5.39. The number of hydrogen-bond donors (Lipinski definition) is 2. The van der Waals surface area contributed by atoms with E-state index in [1.54, 1.807) is 24.3 Å². The van der Waals surface area contributed by atoms with Gasteiger partial charge >= 0.3 is 0 Å². The molecule has 0 aliphatic heterocycles. The third-order valence-corrected chi connectivity index (χ3v) is 3.82. The van der Waals surface area contributed by atoms with E-state index in [1.165, 1.54) is 0 Å². The predicted molar refractivity (Wildman–Crippen MR) is 103 cm³/mol. The Hall–Kier alpha value is -3.30. The quantitative estimate of drug-likeness (QED) is 0.697. The molecule has 3 aromatic carbocycles. The second-order valence-corrected chi connectivity index (χ2v) is 5.74. The van der Waals surface area contributed by atoms with Crippen molar-refractivity contribution in [3.63, 3.8) is 0 Å². The molecule has 2 N–H and O–H groups in total. The second kappa shape index (κ2) is 8.70. The van der Waals surface area contributed by atoms with Crippen molar-refractivity contribution in [3.8, 4) is 23.7 Å². The molecule has 0 aliphatic rings. The van der Waals surface area contributed by atoms with Crippen LogP contribution in [0.3, 0.4) is 0 Å². The molecule has 3 aromatic rings. The molecule has 26 heavy (non-hydrogen) atoms. The summed E-state index contributed by atoms with van der Waals surface area (Å²) >= 11 is 0. The Kier molecular flexibility index (Phi) is 5.86. The Labute approximate surface area is 153 Å². The molecule has 0 heterocycles. The lowest BCUT2D eigenvalue weighted by molar-refractivity contribution is 0.234. The average molecular weight is 338 g/mol. The van der Waals surface area contributed by atoms with Gasteiger partial charge in [-0.2, -0.15) is 0 Å². The fourth-order valence-corrected chi connectivity index (χ4v) is 2.37. The van der Waals surface area contributed by atoms with Gasteiger partial charge in [0.15, 0.2) is 0 Å². The highest BCUT2D eigenvalue weighted by atomic mass is 16.3. The van der Waals surface area contributed by atoms with Gasteiger partial charge in [0.1, 0.15) is 12.2 Å². The molecule has 0 radical (unpaired) electrons. The maximum absolute atomic E-state index is 10.2. The van der Waals surface area contributed by atoms with Crippen LogP contribution < -0.4 is 0 Å². The van der Waals surface area contributed by atoms with Crippen molar-refractivity contribution in [1.29, 1.82) is 0 Å². The predicted octanol–water partition coefficient (Wildman–Crippen LogP) is 3.86.